The van der Waals surface area contributed by atoms with Crippen LogP contribution in [0.5, 0.6) is 0 Å². The fraction of sp³-hybridized carbons (Fsp3) is 0.417. The first kappa shape index (κ1) is 15.2. The van der Waals surface area contributed by atoms with Crippen LogP contribution in [0, 0.1) is 0 Å². The van der Waals surface area contributed by atoms with Crippen molar-refractivity contribution in [2.45, 2.75) is 33.3 Å². The van der Waals surface area contributed by atoms with E-state index in [0.29, 0.717) is 0 Å². The molecule has 0 bridgehead atoms. The second-order valence-corrected chi connectivity index (χ2v) is 3.79. The van der Waals surface area contributed by atoms with E-state index >= 15 is 0 Å². The highest BCUT2D eigenvalue weighted by molar-refractivity contribution is 5.81. The molecule has 0 spiro atoms. The van der Waals surface area contributed by atoms with Gasteiger partial charge in [0.05, 0.1) is 0 Å². The molecule has 0 unspecified atom stereocenters. The van der Waals surface area contributed by atoms with Crippen LogP contribution in [-0.2, 0) is 9.53 Å². The summed E-state index contributed by atoms with van der Waals surface area (Å²) in [5.74, 6) is -0.373. The number of esters is 1. The van der Waals surface area contributed by atoms with E-state index < -0.39 is 5.60 Å². The summed E-state index contributed by atoms with van der Waals surface area (Å²) in [5, 5.41) is 0. The first-order valence-electron chi connectivity index (χ1n) is 4.36. The number of hydrogen-bond donors (Lipinski definition) is 0. The van der Waals surface area contributed by atoms with Gasteiger partial charge in [-0.15, -0.1) is 0 Å². The molecular weight excluding hydrogens is 176 g/mol. The van der Waals surface area contributed by atoms with Crippen LogP contribution in [0.2, 0.25) is 0 Å². The third-order valence-corrected chi connectivity index (χ3v) is 0.922. The molecule has 0 aliphatic carbocycles. The van der Waals surface area contributed by atoms with Crippen LogP contribution in [0.1, 0.15) is 27.7 Å². The Morgan fingerprint density at radius 3 is 1.64 bits per heavy atom. The van der Waals surface area contributed by atoms with E-state index in [1.807, 2.05) is 27.7 Å². The topological polar surface area (TPSA) is 26.3 Å². The predicted octanol–water partition coefficient (Wildman–Crippen LogP) is 3.26. The van der Waals surface area contributed by atoms with Crippen molar-refractivity contribution in [1.29, 1.82) is 0 Å². The van der Waals surface area contributed by atoms with Crippen molar-refractivity contribution < 1.29 is 9.53 Å². The number of rotatable bonds is 2. The predicted molar refractivity (Wildman–Crippen MR) is 61.1 cm³/mol. The minimum atomic E-state index is -0.398. The lowest BCUT2D eigenvalue weighted by molar-refractivity contribution is -0.148. The fourth-order valence-electron chi connectivity index (χ4n) is 0.343. The van der Waals surface area contributed by atoms with E-state index in [4.69, 9.17) is 4.74 Å². The minimum Gasteiger partial charge on any atom is -0.457 e. The summed E-state index contributed by atoms with van der Waals surface area (Å²) in [6, 6.07) is 0. The molecule has 0 aromatic rings. The molecule has 0 aliphatic heterocycles. The zero-order valence-corrected chi connectivity index (χ0v) is 9.59. The Kier molecular flexibility index (Phi) is 7.73. The first-order chi connectivity index (χ1) is 6.22. The molecule has 0 N–H and O–H groups in total. The number of carbonyl (C=O) groups is 1. The molecule has 2 heteroatoms. The summed E-state index contributed by atoms with van der Waals surface area (Å²) in [6.45, 7) is 17.6. The average Bonchev–Trinajstić information content (AvgIpc) is 2.02. The van der Waals surface area contributed by atoms with Crippen LogP contribution in [-0.4, -0.2) is 11.6 Å². The summed E-state index contributed by atoms with van der Waals surface area (Å²) in [7, 11) is 0. The molecule has 14 heavy (non-hydrogen) atoms. The molecular formula is C12H20O2. The van der Waals surface area contributed by atoms with Gasteiger partial charge >= 0.3 is 5.97 Å². The van der Waals surface area contributed by atoms with Crippen LogP contribution in [0.4, 0.5) is 0 Å². The van der Waals surface area contributed by atoms with Gasteiger partial charge < -0.3 is 4.74 Å². The maximum absolute atomic E-state index is 10.5. The van der Waals surface area contributed by atoms with Crippen molar-refractivity contribution in [3.05, 3.63) is 37.5 Å². The van der Waals surface area contributed by atoms with E-state index in [9.17, 15) is 4.79 Å². The molecule has 0 saturated heterocycles. The van der Waals surface area contributed by atoms with E-state index in [1.165, 1.54) is 0 Å². The maximum atomic E-state index is 10.5. The van der Waals surface area contributed by atoms with Crippen LogP contribution in [0.3, 0.4) is 0 Å². The smallest absolute Gasteiger partial charge is 0.330 e. The van der Waals surface area contributed by atoms with Crippen molar-refractivity contribution in [3.8, 4) is 0 Å². The minimum absolute atomic E-state index is 0.373. The summed E-state index contributed by atoms with van der Waals surface area (Å²) in [4.78, 5) is 10.5. The van der Waals surface area contributed by atoms with E-state index in [-0.39, 0.29) is 5.97 Å². The number of ether oxygens (including phenoxy) is 1. The number of hydrogen-bond acceptors (Lipinski definition) is 2. The van der Waals surface area contributed by atoms with Crippen molar-refractivity contribution in [3.63, 3.8) is 0 Å². The van der Waals surface area contributed by atoms with Crippen LogP contribution in [0.15, 0.2) is 37.5 Å². The molecule has 0 amide bonds. The molecule has 0 aromatic heterocycles. The Morgan fingerprint density at radius 2 is 1.57 bits per heavy atom. The van der Waals surface area contributed by atoms with Gasteiger partial charge in [-0.25, -0.2) is 4.79 Å². The summed E-state index contributed by atoms with van der Waals surface area (Å²) in [5.41, 5.74) is 0.621. The zero-order valence-electron chi connectivity index (χ0n) is 9.59. The van der Waals surface area contributed by atoms with Gasteiger partial charge in [0.15, 0.2) is 0 Å². The normalized spacial score (nSPS) is 9.14. The Morgan fingerprint density at radius 1 is 1.21 bits per heavy atom. The van der Waals surface area contributed by atoms with Crippen molar-refractivity contribution in [2.24, 2.45) is 0 Å². The molecule has 0 saturated carbocycles. The Labute approximate surface area is 87.0 Å². The lowest BCUT2D eigenvalue weighted by Gasteiger charge is -2.17. The molecule has 0 heterocycles. The molecule has 0 rings (SSSR count). The fourth-order valence-corrected chi connectivity index (χ4v) is 0.343. The molecule has 0 radical (unpaired) electrons. The van der Waals surface area contributed by atoms with E-state index in [2.05, 4.69) is 19.7 Å². The van der Waals surface area contributed by atoms with Gasteiger partial charge in [0.1, 0.15) is 5.60 Å². The highest BCUT2D eigenvalue weighted by Crippen LogP contribution is 2.06. The van der Waals surface area contributed by atoms with Crippen molar-refractivity contribution >= 4 is 5.97 Å². The van der Waals surface area contributed by atoms with Gasteiger partial charge in [0.25, 0.3) is 0 Å². The van der Waals surface area contributed by atoms with Gasteiger partial charge in [-0.1, -0.05) is 31.4 Å². The Bertz CT molecular complexity index is 219. The van der Waals surface area contributed by atoms with Gasteiger partial charge in [-0.3, -0.25) is 0 Å². The zero-order chi connectivity index (χ0) is 11.8. The summed E-state index contributed by atoms with van der Waals surface area (Å²) < 4.78 is 4.83. The van der Waals surface area contributed by atoms with Gasteiger partial charge in [-0.2, -0.15) is 0 Å². The Hall–Kier alpha value is -1.31. The maximum Gasteiger partial charge on any atom is 0.330 e. The summed E-state index contributed by atoms with van der Waals surface area (Å²) >= 11 is 0. The van der Waals surface area contributed by atoms with Gasteiger partial charge in [0.2, 0.25) is 0 Å². The highest BCUT2D eigenvalue weighted by atomic mass is 16.6. The van der Waals surface area contributed by atoms with Crippen LogP contribution >= 0.6 is 0 Å². The molecule has 0 fully saturated rings. The van der Waals surface area contributed by atoms with Crippen molar-refractivity contribution in [2.75, 3.05) is 0 Å². The van der Waals surface area contributed by atoms with E-state index in [1.54, 1.807) is 6.08 Å². The molecule has 2 nitrogen and oxygen atoms in total. The van der Waals surface area contributed by atoms with E-state index in [0.717, 1.165) is 11.6 Å². The van der Waals surface area contributed by atoms with Crippen LogP contribution < -0.4 is 0 Å². The largest absolute Gasteiger partial charge is 0.457 e. The highest BCUT2D eigenvalue weighted by Gasteiger charge is 2.12. The number of carbonyl (C=O) groups excluding carboxylic acids is 1. The van der Waals surface area contributed by atoms with Gasteiger partial charge in [0, 0.05) is 6.08 Å². The molecule has 0 aromatic carbocycles. The van der Waals surface area contributed by atoms with Crippen molar-refractivity contribution in [1.82, 2.24) is 0 Å². The lowest BCUT2D eigenvalue weighted by atomic mass is 10.2. The first-order valence-corrected chi connectivity index (χ1v) is 4.36. The molecule has 0 aliphatic rings. The summed E-state index contributed by atoms with van der Waals surface area (Å²) in [6.07, 6.45) is 2.88. The SMILES string of the molecule is C=CC(=C)C.C=CC(=O)OC(C)(C)C. The molecule has 0 atom stereocenters. The second-order valence-electron chi connectivity index (χ2n) is 3.79. The van der Waals surface area contributed by atoms with Gasteiger partial charge in [-0.05, 0) is 27.7 Å². The second kappa shape index (κ2) is 7.13. The third kappa shape index (κ3) is 17.0. The standard InChI is InChI=1S/C7H12O2.C5H8/c1-5-6(8)9-7(2,3)4;1-4-5(2)3/h5H,1H2,2-4H3;4H,1-2H2,3H3. The lowest BCUT2D eigenvalue weighted by Crippen LogP contribution is -2.22. The van der Waals surface area contributed by atoms with Crippen LogP contribution in [0.25, 0.3) is 0 Å². The monoisotopic (exact) mass is 196 g/mol. The Balaban J connectivity index is 0. The quantitative estimate of drug-likeness (QED) is 0.385. The average molecular weight is 196 g/mol. The third-order valence-electron chi connectivity index (χ3n) is 0.922. The number of allylic oxidation sites excluding steroid dienone is 2. The molecule has 80 valence electrons.